The van der Waals surface area contributed by atoms with Crippen LogP contribution in [0.1, 0.15) is 16.7 Å². The van der Waals surface area contributed by atoms with Crippen molar-refractivity contribution in [3.63, 3.8) is 0 Å². The Balaban J connectivity index is 2.20. The zero-order chi connectivity index (χ0) is 15.4. The number of hydrogen-bond acceptors (Lipinski definition) is 3. The Labute approximate surface area is 137 Å². The minimum Gasteiger partial charge on any atom is -0.232 e. The van der Waals surface area contributed by atoms with Crippen molar-refractivity contribution in [3.05, 3.63) is 46.6 Å². The van der Waals surface area contributed by atoms with Crippen molar-refractivity contribution >= 4 is 42.3 Å². The van der Waals surface area contributed by atoms with E-state index >= 15 is 0 Å². The van der Waals surface area contributed by atoms with Gasteiger partial charge in [-0.25, -0.2) is 4.57 Å². The van der Waals surface area contributed by atoms with Crippen LogP contribution in [-0.4, -0.2) is 4.98 Å². The quantitative estimate of drug-likeness (QED) is 0.454. The van der Waals surface area contributed by atoms with Crippen molar-refractivity contribution in [2.45, 2.75) is 20.8 Å². The van der Waals surface area contributed by atoms with Gasteiger partial charge in [0.1, 0.15) is 11.1 Å². The molecule has 0 unspecified atom stereocenters. The van der Waals surface area contributed by atoms with Gasteiger partial charge in [0.15, 0.2) is 0 Å². The van der Waals surface area contributed by atoms with Gasteiger partial charge in [0.05, 0.1) is 16.4 Å². The Morgan fingerprint density at radius 2 is 1.95 bits per heavy atom. The minimum atomic E-state index is 1.13. The first-order valence-corrected chi connectivity index (χ1v) is 8.98. The van der Waals surface area contributed by atoms with Gasteiger partial charge in [-0.2, -0.15) is 0 Å². The molecule has 1 aromatic carbocycles. The van der Waals surface area contributed by atoms with Crippen LogP contribution in [0.15, 0.2) is 29.9 Å². The monoisotopic (exact) mass is 325 g/mol. The van der Waals surface area contributed by atoms with Gasteiger partial charge in [-0.15, -0.1) is 11.3 Å². The van der Waals surface area contributed by atoms with E-state index in [0.717, 1.165) is 4.83 Å². The number of aromatic nitrogens is 2. The molecule has 0 N–H and O–H groups in total. The standard InChI is InChI=1S/C18H17N2S2/c1-10-7-11(2)12(3)13(8-10)16-15-17-14(5-6-21-17)22-18(15)19-9-20(16)4/h5-9H,1-4H3/q+1. The summed E-state index contributed by atoms with van der Waals surface area (Å²) in [7, 11) is 2.09. The third kappa shape index (κ3) is 1.91. The Morgan fingerprint density at radius 3 is 2.77 bits per heavy atom. The van der Waals surface area contributed by atoms with Gasteiger partial charge >= 0.3 is 0 Å². The lowest BCUT2D eigenvalue weighted by molar-refractivity contribution is -0.662. The van der Waals surface area contributed by atoms with Gasteiger partial charge in [0.25, 0.3) is 6.33 Å². The molecule has 3 heterocycles. The van der Waals surface area contributed by atoms with Crippen LogP contribution < -0.4 is 4.57 Å². The zero-order valence-electron chi connectivity index (χ0n) is 13.1. The van der Waals surface area contributed by atoms with E-state index in [4.69, 9.17) is 0 Å². The van der Waals surface area contributed by atoms with E-state index < -0.39 is 0 Å². The molecule has 0 atom stereocenters. The van der Waals surface area contributed by atoms with Crippen LogP contribution in [0, 0.1) is 20.8 Å². The van der Waals surface area contributed by atoms with Gasteiger partial charge in [-0.1, -0.05) is 23.0 Å². The fourth-order valence-corrected chi connectivity index (χ4v) is 5.29. The van der Waals surface area contributed by atoms with Crippen molar-refractivity contribution in [3.8, 4) is 11.3 Å². The maximum absolute atomic E-state index is 4.64. The van der Waals surface area contributed by atoms with Crippen LogP contribution in [0.2, 0.25) is 0 Å². The predicted octanol–water partition coefficient (Wildman–Crippen LogP) is 4.93. The van der Waals surface area contributed by atoms with E-state index in [-0.39, 0.29) is 0 Å². The molecule has 0 aliphatic rings. The number of nitrogens with zero attached hydrogens (tertiary/aromatic N) is 2. The fourth-order valence-electron chi connectivity index (χ4n) is 3.10. The van der Waals surface area contributed by atoms with E-state index in [0.29, 0.717) is 0 Å². The third-order valence-electron chi connectivity index (χ3n) is 4.28. The molecule has 4 heteroatoms. The number of thiophene rings is 2. The van der Waals surface area contributed by atoms with Gasteiger partial charge < -0.3 is 0 Å². The highest BCUT2D eigenvalue weighted by molar-refractivity contribution is 7.31. The lowest BCUT2D eigenvalue weighted by Crippen LogP contribution is -2.31. The molecule has 2 nitrogen and oxygen atoms in total. The molecular weight excluding hydrogens is 308 g/mol. The van der Waals surface area contributed by atoms with E-state index in [1.54, 1.807) is 11.3 Å². The van der Waals surface area contributed by atoms with E-state index in [9.17, 15) is 0 Å². The molecule has 22 heavy (non-hydrogen) atoms. The van der Waals surface area contributed by atoms with Gasteiger partial charge in [-0.05, 0) is 54.4 Å². The summed E-state index contributed by atoms with van der Waals surface area (Å²) in [5.41, 5.74) is 6.60. The van der Waals surface area contributed by atoms with Crippen molar-refractivity contribution in [2.24, 2.45) is 7.05 Å². The summed E-state index contributed by atoms with van der Waals surface area (Å²) < 4.78 is 4.86. The Kier molecular flexibility index (Phi) is 3.06. The molecule has 0 radical (unpaired) electrons. The SMILES string of the molecule is Cc1cc(C)c(C)c(-c2c3c(nc[n+]2C)sc2ccsc23)c1. The van der Waals surface area contributed by atoms with Gasteiger partial charge in [0, 0.05) is 5.56 Å². The van der Waals surface area contributed by atoms with Crippen LogP contribution in [0.5, 0.6) is 0 Å². The normalized spacial score (nSPS) is 11.6. The second-order valence-electron chi connectivity index (χ2n) is 5.85. The van der Waals surface area contributed by atoms with Crippen LogP contribution in [-0.2, 0) is 7.05 Å². The fraction of sp³-hybridized carbons (Fsp3) is 0.222. The zero-order valence-corrected chi connectivity index (χ0v) is 14.7. The largest absolute Gasteiger partial charge is 0.288 e. The Hall–Kier alpha value is -1.78. The molecule has 0 amide bonds. The lowest BCUT2D eigenvalue weighted by Gasteiger charge is -2.11. The summed E-state index contributed by atoms with van der Waals surface area (Å²) in [5.74, 6) is 0. The first kappa shape index (κ1) is 13.9. The smallest absolute Gasteiger partial charge is 0.232 e. The van der Waals surface area contributed by atoms with Gasteiger partial charge in [0.2, 0.25) is 4.83 Å². The van der Waals surface area contributed by atoms with Crippen LogP contribution in [0.4, 0.5) is 0 Å². The molecule has 0 aliphatic heterocycles. The number of fused-ring (bicyclic) bond motifs is 3. The molecule has 0 aliphatic carbocycles. The summed E-state index contributed by atoms with van der Waals surface area (Å²) in [4.78, 5) is 5.77. The third-order valence-corrected chi connectivity index (χ3v) is 6.41. The first-order chi connectivity index (χ1) is 10.6. The van der Waals surface area contributed by atoms with Crippen molar-refractivity contribution < 1.29 is 4.57 Å². The van der Waals surface area contributed by atoms with E-state index in [1.807, 2.05) is 17.7 Å². The molecule has 3 aromatic heterocycles. The van der Waals surface area contributed by atoms with Crippen molar-refractivity contribution in [1.82, 2.24) is 4.98 Å². The number of hydrogen-bond donors (Lipinski definition) is 0. The maximum Gasteiger partial charge on any atom is 0.288 e. The second kappa shape index (κ2) is 4.86. The predicted molar refractivity (Wildman–Crippen MR) is 95.8 cm³/mol. The Morgan fingerprint density at radius 1 is 1.14 bits per heavy atom. The molecular formula is C18H17N2S2+. The average molecular weight is 325 g/mol. The highest BCUT2D eigenvalue weighted by Gasteiger charge is 2.22. The van der Waals surface area contributed by atoms with E-state index in [1.165, 1.54) is 42.7 Å². The summed E-state index contributed by atoms with van der Waals surface area (Å²) >= 11 is 3.60. The van der Waals surface area contributed by atoms with Crippen LogP contribution >= 0.6 is 22.7 Å². The molecule has 4 aromatic rings. The molecule has 0 saturated carbocycles. The first-order valence-electron chi connectivity index (χ1n) is 7.29. The number of benzene rings is 1. The summed E-state index contributed by atoms with van der Waals surface area (Å²) in [6, 6.07) is 6.75. The average Bonchev–Trinajstić information content (AvgIpc) is 3.04. The van der Waals surface area contributed by atoms with Crippen LogP contribution in [0.25, 0.3) is 30.9 Å². The molecule has 0 spiro atoms. The van der Waals surface area contributed by atoms with Gasteiger partial charge in [-0.3, -0.25) is 0 Å². The van der Waals surface area contributed by atoms with Crippen LogP contribution in [0.3, 0.4) is 0 Å². The van der Waals surface area contributed by atoms with Crippen molar-refractivity contribution in [2.75, 3.05) is 0 Å². The molecule has 0 fully saturated rings. The highest BCUT2D eigenvalue weighted by Crippen LogP contribution is 2.40. The van der Waals surface area contributed by atoms with Crippen molar-refractivity contribution in [1.29, 1.82) is 0 Å². The number of rotatable bonds is 1. The molecule has 4 rings (SSSR count). The summed E-state index contributed by atoms with van der Waals surface area (Å²) in [6.45, 7) is 6.58. The molecule has 0 saturated heterocycles. The molecule has 0 bridgehead atoms. The van der Waals surface area contributed by atoms with E-state index in [2.05, 4.69) is 60.9 Å². The Bertz CT molecular complexity index is 1020. The lowest BCUT2D eigenvalue weighted by atomic mass is 9.96. The highest BCUT2D eigenvalue weighted by atomic mass is 32.1. The second-order valence-corrected chi connectivity index (χ2v) is 7.80. The summed E-state index contributed by atoms with van der Waals surface area (Å²) in [6.07, 6.45) is 1.94. The topological polar surface area (TPSA) is 16.8 Å². The minimum absolute atomic E-state index is 1.13. The molecule has 110 valence electrons. The summed E-state index contributed by atoms with van der Waals surface area (Å²) in [5, 5.41) is 3.47. The number of aryl methyl sites for hydroxylation is 3. The maximum atomic E-state index is 4.64.